The lowest BCUT2D eigenvalue weighted by atomic mass is 9.68. The van der Waals surface area contributed by atoms with Crippen molar-refractivity contribution < 1.29 is 23.1 Å². The lowest BCUT2D eigenvalue weighted by Crippen LogP contribution is -2.66. The second-order valence-electron chi connectivity index (χ2n) is 10.2. The van der Waals surface area contributed by atoms with Crippen LogP contribution < -0.4 is 10.6 Å². The Bertz CT molecular complexity index is 1300. The first-order valence-corrected chi connectivity index (χ1v) is 12.5. The quantitative estimate of drug-likeness (QED) is 0.472. The van der Waals surface area contributed by atoms with Crippen LogP contribution >= 0.6 is 0 Å². The molecule has 2 fully saturated rings. The predicted octanol–water partition coefficient (Wildman–Crippen LogP) is 3.80. The van der Waals surface area contributed by atoms with Crippen LogP contribution in [-0.2, 0) is 12.1 Å². The maximum atomic E-state index is 14.7. The first-order chi connectivity index (χ1) is 18.2. The van der Waals surface area contributed by atoms with Crippen molar-refractivity contribution in [1.82, 2.24) is 20.1 Å². The summed E-state index contributed by atoms with van der Waals surface area (Å²) >= 11 is 0. The number of halogens is 3. The summed E-state index contributed by atoms with van der Waals surface area (Å²) < 4.78 is 41.9. The third-order valence-electron chi connectivity index (χ3n) is 7.49. The molecule has 2 amide bonds. The molecule has 200 valence electrons. The Morgan fingerprint density at radius 1 is 1.03 bits per heavy atom. The average Bonchev–Trinajstić information content (AvgIpc) is 2.84. The van der Waals surface area contributed by atoms with Gasteiger partial charge in [-0.3, -0.25) is 4.98 Å². The Morgan fingerprint density at radius 2 is 1.71 bits per heavy atom. The monoisotopic (exact) mass is 525 g/mol. The molecule has 0 radical (unpaired) electrons. The summed E-state index contributed by atoms with van der Waals surface area (Å²) in [5, 5.41) is 17.5. The van der Waals surface area contributed by atoms with Gasteiger partial charge in [0.15, 0.2) is 0 Å². The number of hydrogen-bond acceptors (Lipinski definition) is 5. The van der Waals surface area contributed by atoms with Crippen molar-refractivity contribution >= 4 is 11.7 Å². The van der Waals surface area contributed by atoms with E-state index in [1.54, 1.807) is 36.3 Å². The second-order valence-corrected chi connectivity index (χ2v) is 10.2. The van der Waals surface area contributed by atoms with E-state index in [-0.39, 0.29) is 36.4 Å². The number of pyridine rings is 1. The van der Waals surface area contributed by atoms with Gasteiger partial charge in [-0.2, -0.15) is 0 Å². The number of hydrogen-bond donors (Lipinski definition) is 3. The Labute approximate surface area is 219 Å². The molecule has 2 aliphatic heterocycles. The predicted molar refractivity (Wildman–Crippen MR) is 138 cm³/mol. The van der Waals surface area contributed by atoms with Crippen LogP contribution in [0.2, 0.25) is 0 Å². The number of nitrogens with zero attached hydrogens (tertiary/aromatic N) is 3. The van der Waals surface area contributed by atoms with Crippen molar-refractivity contribution in [2.45, 2.75) is 12.1 Å². The molecular weight excluding hydrogens is 495 g/mol. The number of fused-ring (bicyclic) bond motifs is 2. The molecular formula is C28H30F3N5O2. The molecule has 0 aliphatic carbocycles. The van der Waals surface area contributed by atoms with Crippen LogP contribution in [-0.4, -0.2) is 66.2 Å². The summed E-state index contributed by atoms with van der Waals surface area (Å²) in [6.07, 6.45) is 1.57. The van der Waals surface area contributed by atoms with E-state index < -0.39 is 23.3 Å². The fraction of sp³-hybridized carbons (Fsp3) is 0.357. The summed E-state index contributed by atoms with van der Waals surface area (Å²) in [7, 11) is 3.76. The molecule has 5 rings (SSSR count). The van der Waals surface area contributed by atoms with Crippen LogP contribution in [0, 0.1) is 29.3 Å². The maximum absolute atomic E-state index is 14.7. The Balaban J connectivity index is 1.36. The topological polar surface area (TPSA) is 80.7 Å². The van der Waals surface area contributed by atoms with Gasteiger partial charge in [0, 0.05) is 73.6 Å². The van der Waals surface area contributed by atoms with Crippen LogP contribution in [0.4, 0.5) is 23.7 Å². The van der Waals surface area contributed by atoms with E-state index in [1.807, 2.05) is 13.1 Å². The van der Waals surface area contributed by atoms with Crippen LogP contribution in [0.25, 0.3) is 11.1 Å². The van der Waals surface area contributed by atoms with Gasteiger partial charge in [0.05, 0.1) is 5.69 Å². The number of aliphatic hydroxyl groups is 1. The van der Waals surface area contributed by atoms with Crippen molar-refractivity contribution in [1.29, 1.82) is 0 Å². The average molecular weight is 526 g/mol. The summed E-state index contributed by atoms with van der Waals surface area (Å²) in [4.78, 5) is 21.2. The number of aromatic nitrogens is 1. The number of piperidine rings is 2. The molecule has 2 aromatic carbocycles. The summed E-state index contributed by atoms with van der Waals surface area (Å²) in [6.45, 7) is 2.07. The van der Waals surface area contributed by atoms with Crippen LogP contribution in [0.3, 0.4) is 0 Å². The van der Waals surface area contributed by atoms with Gasteiger partial charge in [0.1, 0.15) is 23.1 Å². The third kappa shape index (κ3) is 4.99. The van der Waals surface area contributed by atoms with Gasteiger partial charge in [-0.15, -0.1) is 0 Å². The molecule has 0 spiro atoms. The Hall–Kier alpha value is -3.47. The zero-order valence-electron chi connectivity index (χ0n) is 21.2. The summed E-state index contributed by atoms with van der Waals surface area (Å²) in [5.41, 5.74) is 1.08. The van der Waals surface area contributed by atoms with E-state index in [1.165, 1.54) is 6.07 Å². The number of rotatable bonds is 5. The Kier molecular flexibility index (Phi) is 7.13. The number of amides is 2. The minimum atomic E-state index is -1.29. The molecule has 3 N–H and O–H groups in total. The zero-order valence-corrected chi connectivity index (χ0v) is 21.2. The number of carbonyl (C=O) groups is 1. The molecule has 0 unspecified atom stereocenters. The number of anilines is 1. The van der Waals surface area contributed by atoms with Gasteiger partial charge in [-0.05, 0) is 43.9 Å². The smallest absolute Gasteiger partial charge is 0.321 e. The van der Waals surface area contributed by atoms with E-state index in [0.29, 0.717) is 36.5 Å². The van der Waals surface area contributed by atoms with Gasteiger partial charge in [-0.1, -0.05) is 18.2 Å². The molecule has 0 saturated carbocycles. The van der Waals surface area contributed by atoms with Crippen molar-refractivity contribution in [2.75, 3.05) is 45.6 Å². The highest BCUT2D eigenvalue weighted by Crippen LogP contribution is 2.44. The van der Waals surface area contributed by atoms with Crippen molar-refractivity contribution in [3.63, 3.8) is 0 Å². The van der Waals surface area contributed by atoms with Crippen molar-refractivity contribution in [3.8, 4) is 11.1 Å². The van der Waals surface area contributed by atoms with Crippen molar-refractivity contribution in [2.24, 2.45) is 11.8 Å². The number of likely N-dealkylation sites (tertiary alicyclic amines) is 2. The molecule has 1 aromatic heterocycles. The molecule has 7 nitrogen and oxygen atoms in total. The number of urea groups is 1. The van der Waals surface area contributed by atoms with Crippen LogP contribution in [0.1, 0.15) is 11.3 Å². The van der Waals surface area contributed by atoms with Gasteiger partial charge in [0.2, 0.25) is 0 Å². The zero-order chi connectivity index (χ0) is 27.0. The van der Waals surface area contributed by atoms with Crippen molar-refractivity contribution in [3.05, 3.63) is 83.4 Å². The normalized spacial score (nSPS) is 23.4. The fourth-order valence-corrected chi connectivity index (χ4v) is 5.75. The summed E-state index contributed by atoms with van der Waals surface area (Å²) in [5.74, 6) is -2.62. The van der Waals surface area contributed by atoms with E-state index in [2.05, 4.69) is 20.5 Å². The lowest BCUT2D eigenvalue weighted by Gasteiger charge is -2.54. The second kappa shape index (κ2) is 10.4. The fourth-order valence-electron chi connectivity index (χ4n) is 5.75. The van der Waals surface area contributed by atoms with Gasteiger partial charge in [0.25, 0.3) is 0 Å². The van der Waals surface area contributed by atoms with E-state index >= 15 is 0 Å². The molecule has 3 atom stereocenters. The highest BCUT2D eigenvalue weighted by Gasteiger charge is 2.54. The first kappa shape index (κ1) is 26.1. The van der Waals surface area contributed by atoms with Gasteiger partial charge >= 0.3 is 6.03 Å². The lowest BCUT2D eigenvalue weighted by molar-refractivity contribution is -0.155. The van der Waals surface area contributed by atoms with Gasteiger partial charge < -0.3 is 25.5 Å². The molecule has 2 aliphatic rings. The third-order valence-corrected chi connectivity index (χ3v) is 7.49. The standard InChI is InChI=1S/C28H30F3N5O2/c1-32-11-17-3-5-24(25(31)7-17)18-4-6-26(33-12-18)28(38)19-13-35(2)14-20(28)16-36(15-19)27(37)34-23-9-21(29)8-22(30)10-23/h3-10,12,19-20,32,38H,11,13-16H2,1-2H3,(H,34,37)/t19-,20+,28-. The van der Waals surface area contributed by atoms with Crippen LogP contribution in [0.15, 0.2) is 54.7 Å². The molecule has 2 saturated heterocycles. The maximum Gasteiger partial charge on any atom is 0.321 e. The molecule has 2 bridgehead atoms. The molecule has 38 heavy (non-hydrogen) atoms. The van der Waals surface area contributed by atoms with Gasteiger partial charge in [-0.25, -0.2) is 18.0 Å². The number of nitrogens with one attached hydrogen (secondary N) is 2. The van der Waals surface area contributed by atoms with E-state index in [9.17, 15) is 23.1 Å². The number of carbonyl (C=O) groups excluding carboxylic acids is 1. The minimum absolute atomic E-state index is 0.0269. The highest BCUT2D eigenvalue weighted by molar-refractivity contribution is 5.89. The van der Waals surface area contributed by atoms with Crippen LogP contribution in [0.5, 0.6) is 0 Å². The summed E-state index contributed by atoms with van der Waals surface area (Å²) in [6, 6.07) is 10.9. The number of benzene rings is 2. The molecule has 3 heterocycles. The SMILES string of the molecule is CNCc1ccc(-c2ccc([C@@]3(O)[C@@H]4CN(C)C[C@H]3CN(C(=O)Nc3cc(F)cc(F)c3)C4)nc2)c(F)c1. The molecule has 10 heteroatoms. The first-order valence-electron chi connectivity index (χ1n) is 12.5. The Morgan fingerprint density at radius 3 is 2.29 bits per heavy atom. The highest BCUT2D eigenvalue weighted by atomic mass is 19.1. The molecule has 3 aromatic rings. The van der Waals surface area contributed by atoms with E-state index in [4.69, 9.17) is 0 Å². The minimum Gasteiger partial charge on any atom is -0.383 e. The van der Waals surface area contributed by atoms with E-state index in [0.717, 1.165) is 23.8 Å². The largest absolute Gasteiger partial charge is 0.383 e.